The average Bonchev–Trinajstić information content (AvgIpc) is 2.34. The van der Waals surface area contributed by atoms with E-state index in [0.717, 1.165) is 18.9 Å². The van der Waals surface area contributed by atoms with Gasteiger partial charge in [-0.25, -0.2) is 4.98 Å². The van der Waals surface area contributed by atoms with E-state index in [1.54, 1.807) is 0 Å². The standard InChI is InChI=1S/C12H20N2.C2H6/c1-5-14(6-2)12-8-7-11(9-13-12)10(3)4;1-2/h7-10H,5-6H2,1-4H3;1-2H3. The molecular weight excluding hydrogens is 196 g/mol. The van der Waals surface area contributed by atoms with Crippen molar-refractivity contribution in [2.75, 3.05) is 18.0 Å². The van der Waals surface area contributed by atoms with Gasteiger partial charge in [0.15, 0.2) is 0 Å². The average molecular weight is 222 g/mol. The third-order valence-electron chi connectivity index (χ3n) is 2.52. The summed E-state index contributed by atoms with van der Waals surface area (Å²) in [6, 6.07) is 4.29. The second-order valence-electron chi connectivity index (χ2n) is 3.78. The minimum Gasteiger partial charge on any atom is -0.357 e. The lowest BCUT2D eigenvalue weighted by Gasteiger charge is -2.19. The van der Waals surface area contributed by atoms with Gasteiger partial charge in [-0.3, -0.25) is 0 Å². The molecule has 0 amide bonds. The topological polar surface area (TPSA) is 16.1 Å². The van der Waals surface area contributed by atoms with Crippen LogP contribution in [0.5, 0.6) is 0 Å². The molecule has 0 aliphatic heterocycles. The van der Waals surface area contributed by atoms with Gasteiger partial charge in [-0.05, 0) is 31.4 Å². The monoisotopic (exact) mass is 222 g/mol. The highest BCUT2D eigenvalue weighted by molar-refractivity contribution is 5.39. The van der Waals surface area contributed by atoms with Crippen LogP contribution in [-0.2, 0) is 0 Å². The van der Waals surface area contributed by atoms with Gasteiger partial charge in [0.25, 0.3) is 0 Å². The number of hydrogen-bond acceptors (Lipinski definition) is 2. The molecule has 0 aliphatic carbocycles. The van der Waals surface area contributed by atoms with Gasteiger partial charge in [-0.1, -0.05) is 33.8 Å². The van der Waals surface area contributed by atoms with Crippen molar-refractivity contribution in [2.24, 2.45) is 0 Å². The van der Waals surface area contributed by atoms with E-state index in [-0.39, 0.29) is 0 Å². The summed E-state index contributed by atoms with van der Waals surface area (Å²) < 4.78 is 0. The first kappa shape index (κ1) is 14.9. The maximum Gasteiger partial charge on any atom is 0.128 e. The number of nitrogens with zero attached hydrogens (tertiary/aromatic N) is 2. The quantitative estimate of drug-likeness (QED) is 0.763. The summed E-state index contributed by atoms with van der Waals surface area (Å²) in [6.07, 6.45) is 1.98. The largest absolute Gasteiger partial charge is 0.357 e. The second kappa shape index (κ2) is 8.14. The van der Waals surface area contributed by atoms with Gasteiger partial charge in [-0.15, -0.1) is 0 Å². The zero-order valence-corrected chi connectivity index (χ0v) is 11.6. The van der Waals surface area contributed by atoms with Crippen LogP contribution in [-0.4, -0.2) is 18.1 Å². The number of anilines is 1. The van der Waals surface area contributed by atoms with Crippen molar-refractivity contribution >= 4 is 5.82 Å². The molecular formula is C14H26N2. The van der Waals surface area contributed by atoms with Crippen LogP contribution < -0.4 is 4.90 Å². The highest BCUT2D eigenvalue weighted by Crippen LogP contribution is 2.16. The Morgan fingerprint density at radius 1 is 1.12 bits per heavy atom. The van der Waals surface area contributed by atoms with E-state index in [2.05, 4.69) is 49.7 Å². The van der Waals surface area contributed by atoms with Crippen molar-refractivity contribution in [3.63, 3.8) is 0 Å². The van der Waals surface area contributed by atoms with Crippen LogP contribution in [0.25, 0.3) is 0 Å². The Morgan fingerprint density at radius 3 is 2.00 bits per heavy atom. The van der Waals surface area contributed by atoms with Crippen molar-refractivity contribution in [3.8, 4) is 0 Å². The van der Waals surface area contributed by atoms with Crippen molar-refractivity contribution in [3.05, 3.63) is 23.9 Å². The van der Waals surface area contributed by atoms with Crippen molar-refractivity contribution in [1.29, 1.82) is 0 Å². The Morgan fingerprint density at radius 2 is 1.69 bits per heavy atom. The molecule has 0 bridgehead atoms. The first-order valence-corrected chi connectivity index (χ1v) is 6.39. The van der Waals surface area contributed by atoms with E-state index in [4.69, 9.17) is 0 Å². The normalized spacial score (nSPS) is 9.69. The van der Waals surface area contributed by atoms with Crippen LogP contribution in [0.4, 0.5) is 5.82 Å². The van der Waals surface area contributed by atoms with Crippen LogP contribution in [0, 0.1) is 0 Å². The lowest BCUT2D eigenvalue weighted by atomic mass is 10.1. The summed E-state index contributed by atoms with van der Waals surface area (Å²) in [6.45, 7) is 14.7. The van der Waals surface area contributed by atoms with E-state index in [1.807, 2.05) is 20.0 Å². The zero-order chi connectivity index (χ0) is 12.6. The fraction of sp³-hybridized carbons (Fsp3) is 0.643. The molecule has 2 heteroatoms. The van der Waals surface area contributed by atoms with Gasteiger partial charge in [0.05, 0.1) is 0 Å². The lowest BCUT2D eigenvalue weighted by Crippen LogP contribution is -2.22. The molecule has 1 heterocycles. The number of aromatic nitrogens is 1. The minimum atomic E-state index is 0.563. The third kappa shape index (κ3) is 4.21. The molecule has 0 fully saturated rings. The van der Waals surface area contributed by atoms with Crippen LogP contribution in [0.2, 0.25) is 0 Å². The Bertz CT molecular complexity index is 261. The molecule has 0 N–H and O–H groups in total. The maximum absolute atomic E-state index is 4.47. The highest BCUT2D eigenvalue weighted by Gasteiger charge is 2.04. The first-order chi connectivity index (χ1) is 7.69. The molecule has 1 rings (SSSR count). The SMILES string of the molecule is CC.CCN(CC)c1ccc(C(C)C)cn1. The van der Waals surface area contributed by atoms with E-state index >= 15 is 0 Å². The second-order valence-corrected chi connectivity index (χ2v) is 3.78. The van der Waals surface area contributed by atoms with Gasteiger partial charge < -0.3 is 4.90 Å². The lowest BCUT2D eigenvalue weighted by molar-refractivity contribution is 0.828. The van der Waals surface area contributed by atoms with Crippen LogP contribution in [0.15, 0.2) is 18.3 Å². The molecule has 1 aromatic rings. The number of rotatable bonds is 4. The molecule has 0 unspecified atom stereocenters. The Kier molecular flexibility index (Phi) is 7.61. The van der Waals surface area contributed by atoms with Crippen LogP contribution in [0.1, 0.15) is 53.0 Å². The molecule has 1 aromatic heterocycles. The Balaban J connectivity index is 0.00000106. The summed E-state index contributed by atoms with van der Waals surface area (Å²) in [7, 11) is 0. The molecule has 0 radical (unpaired) electrons. The zero-order valence-electron chi connectivity index (χ0n) is 11.6. The van der Waals surface area contributed by atoms with Gasteiger partial charge in [0.2, 0.25) is 0 Å². The van der Waals surface area contributed by atoms with Gasteiger partial charge in [0.1, 0.15) is 5.82 Å². The van der Waals surface area contributed by atoms with E-state index in [1.165, 1.54) is 5.56 Å². The predicted molar refractivity (Wildman–Crippen MR) is 73.2 cm³/mol. The Labute approximate surface area is 101 Å². The summed E-state index contributed by atoms with van der Waals surface area (Å²) in [5.74, 6) is 1.65. The highest BCUT2D eigenvalue weighted by atomic mass is 15.2. The van der Waals surface area contributed by atoms with Crippen LogP contribution >= 0.6 is 0 Å². The van der Waals surface area contributed by atoms with Crippen molar-refractivity contribution in [2.45, 2.75) is 47.5 Å². The van der Waals surface area contributed by atoms with Gasteiger partial charge in [-0.2, -0.15) is 0 Å². The van der Waals surface area contributed by atoms with E-state index < -0.39 is 0 Å². The molecule has 16 heavy (non-hydrogen) atoms. The molecule has 0 aliphatic rings. The fourth-order valence-corrected chi connectivity index (χ4v) is 1.47. The van der Waals surface area contributed by atoms with E-state index in [9.17, 15) is 0 Å². The number of pyridine rings is 1. The minimum absolute atomic E-state index is 0.563. The summed E-state index contributed by atoms with van der Waals surface area (Å²) in [5.41, 5.74) is 1.31. The van der Waals surface area contributed by atoms with Crippen molar-refractivity contribution < 1.29 is 0 Å². The van der Waals surface area contributed by atoms with Gasteiger partial charge in [0, 0.05) is 19.3 Å². The number of hydrogen-bond donors (Lipinski definition) is 0. The molecule has 0 atom stereocenters. The fourth-order valence-electron chi connectivity index (χ4n) is 1.47. The third-order valence-corrected chi connectivity index (χ3v) is 2.52. The van der Waals surface area contributed by atoms with Gasteiger partial charge >= 0.3 is 0 Å². The molecule has 0 saturated carbocycles. The first-order valence-electron chi connectivity index (χ1n) is 6.39. The summed E-state index contributed by atoms with van der Waals surface area (Å²) >= 11 is 0. The maximum atomic E-state index is 4.47. The van der Waals surface area contributed by atoms with Crippen LogP contribution in [0.3, 0.4) is 0 Å². The molecule has 0 spiro atoms. The molecule has 0 saturated heterocycles. The summed E-state index contributed by atoms with van der Waals surface area (Å²) in [5, 5.41) is 0. The van der Waals surface area contributed by atoms with E-state index in [0.29, 0.717) is 5.92 Å². The molecule has 2 nitrogen and oxygen atoms in total. The van der Waals surface area contributed by atoms with Crippen molar-refractivity contribution in [1.82, 2.24) is 4.98 Å². The summed E-state index contributed by atoms with van der Waals surface area (Å²) in [4.78, 5) is 6.72. The molecule has 0 aromatic carbocycles. The molecule has 92 valence electrons. The smallest absolute Gasteiger partial charge is 0.128 e. The Hall–Kier alpha value is -1.05. The predicted octanol–water partition coefficient (Wildman–Crippen LogP) is 4.08.